The summed E-state index contributed by atoms with van der Waals surface area (Å²) >= 11 is 0. The molecule has 6 heteroatoms. The van der Waals surface area contributed by atoms with Gasteiger partial charge in [-0.3, -0.25) is 4.79 Å². The fourth-order valence-electron chi connectivity index (χ4n) is 5.82. The third-order valence-electron chi connectivity index (χ3n) is 7.62. The van der Waals surface area contributed by atoms with Crippen molar-refractivity contribution < 1.29 is 14.3 Å². The number of ether oxygens (including phenoxy) is 1. The number of morpholine rings is 1. The molecule has 1 aromatic heterocycles. The maximum absolute atomic E-state index is 13.9. The van der Waals surface area contributed by atoms with Crippen molar-refractivity contribution in [1.29, 1.82) is 0 Å². The van der Waals surface area contributed by atoms with E-state index in [1.54, 1.807) is 11.8 Å². The fraction of sp³-hybridized carbons (Fsp3) is 0.345. The lowest BCUT2D eigenvalue weighted by molar-refractivity contribution is -0.169. The molecule has 3 aliphatic rings. The van der Waals surface area contributed by atoms with Crippen LogP contribution in [0.5, 0.6) is 0 Å². The molecule has 4 heterocycles. The van der Waals surface area contributed by atoms with Crippen molar-refractivity contribution >= 4 is 17.6 Å². The van der Waals surface area contributed by atoms with Crippen LogP contribution >= 0.6 is 0 Å². The number of aromatic nitrogens is 1. The number of hydrogen-bond acceptors (Lipinski definition) is 5. The predicted molar refractivity (Wildman–Crippen MR) is 134 cm³/mol. The van der Waals surface area contributed by atoms with Gasteiger partial charge < -0.3 is 14.5 Å². The topological polar surface area (TPSA) is 62.7 Å². The number of carbonyl (C=O) groups is 2. The summed E-state index contributed by atoms with van der Waals surface area (Å²) in [6, 6.07) is 21.8. The summed E-state index contributed by atoms with van der Waals surface area (Å²) in [4.78, 5) is 36.4. The van der Waals surface area contributed by atoms with E-state index in [1.807, 2.05) is 66.7 Å². The van der Waals surface area contributed by atoms with Crippen LogP contribution in [0.2, 0.25) is 0 Å². The second-order valence-corrected chi connectivity index (χ2v) is 9.86. The molecule has 2 aromatic carbocycles. The van der Waals surface area contributed by atoms with Crippen LogP contribution < -0.4 is 4.90 Å². The van der Waals surface area contributed by atoms with Gasteiger partial charge in [0.2, 0.25) is 0 Å². The minimum Gasteiger partial charge on any atom is -0.461 e. The van der Waals surface area contributed by atoms with Crippen LogP contribution in [0.4, 0.5) is 5.69 Å². The van der Waals surface area contributed by atoms with Gasteiger partial charge in [0.25, 0.3) is 5.91 Å². The number of esters is 1. The number of fused-ring (bicyclic) bond motifs is 3. The van der Waals surface area contributed by atoms with Crippen LogP contribution in [-0.2, 0) is 21.5 Å². The standard InChI is InChI=1S/C29H29N3O3/c1-29-26-23(27(33)32(29)22(19-35-28(29)34)17-20-11-5-2-6-12-20)18-24(31-15-9-4-10-16-31)25(30-26)21-13-7-3-8-14-21/h2-3,5-8,11-14,18,22H,4,9-10,15-17,19H2,1H3/t22-,29-/m0/s1. The Balaban J connectivity index is 1.49. The van der Waals surface area contributed by atoms with Crippen molar-refractivity contribution in [1.82, 2.24) is 9.88 Å². The summed E-state index contributed by atoms with van der Waals surface area (Å²) in [6.07, 6.45) is 4.07. The Hall–Kier alpha value is -3.67. The number of piperidine rings is 1. The molecule has 0 radical (unpaired) electrons. The molecule has 6 nitrogen and oxygen atoms in total. The van der Waals surface area contributed by atoms with Crippen molar-refractivity contribution in [2.75, 3.05) is 24.6 Å². The summed E-state index contributed by atoms with van der Waals surface area (Å²) in [6.45, 7) is 3.86. The number of cyclic esters (lactones) is 1. The van der Waals surface area contributed by atoms with E-state index in [1.165, 1.54) is 6.42 Å². The summed E-state index contributed by atoms with van der Waals surface area (Å²) in [7, 11) is 0. The number of benzene rings is 2. The quantitative estimate of drug-likeness (QED) is 0.526. The highest BCUT2D eigenvalue weighted by atomic mass is 16.5. The normalized spacial score (nSPS) is 23.6. The maximum atomic E-state index is 13.9. The number of anilines is 1. The third kappa shape index (κ3) is 3.51. The predicted octanol–water partition coefficient (Wildman–Crippen LogP) is 4.58. The molecular weight excluding hydrogens is 438 g/mol. The smallest absolute Gasteiger partial charge is 0.338 e. The lowest BCUT2D eigenvalue weighted by Crippen LogP contribution is -2.59. The Morgan fingerprint density at radius 1 is 0.971 bits per heavy atom. The van der Waals surface area contributed by atoms with E-state index >= 15 is 0 Å². The molecule has 0 N–H and O–H groups in total. The Labute approximate surface area is 205 Å². The van der Waals surface area contributed by atoms with Crippen molar-refractivity contribution in [3.8, 4) is 11.3 Å². The first-order valence-electron chi connectivity index (χ1n) is 12.5. The third-order valence-corrected chi connectivity index (χ3v) is 7.62. The second kappa shape index (κ2) is 8.52. The Morgan fingerprint density at radius 2 is 1.66 bits per heavy atom. The van der Waals surface area contributed by atoms with Crippen LogP contribution in [-0.4, -0.2) is 47.5 Å². The summed E-state index contributed by atoms with van der Waals surface area (Å²) in [5.74, 6) is -0.545. The van der Waals surface area contributed by atoms with Crippen LogP contribution in [0.15, 0.2) is 66.7 Å². The fourth-order valence-corrected chi connectivity index (χ4v) is 5.82. The van der Waals surface area contributed by atoms with E-state index in [2.05, 4.69) is 4.90 Å². The van der Waals surface area contributed by atoms with Crippen molar-refractivity contribution in [2.24, 2.45) is 0 Å². The Kier molecular flexibility index (Phi) is 5.32. The molecule has 0 spiro atoms. The first-order valence-corrected chi connectivity index (χ1v) is 12.5. The van der Waals surface area contributed by atoms with E-state index < -0.39 is 11.5 Å². The number of hydrogen-bond donors (Lipinski definition) is 0. The van der Waals surface area contributed by atoms with Crippen molar-refractivity contribution in [2.45, 2.75) is 44.2 Å². The molecule has 3 aliphatic heterocycles. The van der Waals surface area contributed by atoms with Crippen LogP contribution in [0, 0.1) is 0 Å². The molecule has 0 aliphatic carbocycles. The first-order chi connectivity index (χ1) is 17.1. The molecule has 6 rings (SSSR count). The molecule has 178 valence electrons. The van der Waals surface area contributed by atoms with E-state index in [-0.39, 0.29) is 18.6 Å². The van der Waals surface area contributed by atoms with Gasteiger partial charge in [-0.15, -0.1) is 0 Å². The zero-order valence-electron chi connectivity index (χ0n) is 19.9. The monoisotopic (exact) mass is 467 g/mol. The second-order valence-electron chi connectivity index (χ2n) is 9.86. The molecular formula is C29H29N3O3. The average Bonchev–Trinajstić information content (AvgIpc) is 3.14. The van der Waals surface area contributed by atoms with Gasteiger partial charge >= 0.3 is 5.97 Å². The van der Waals surface area contributed by atoms with Gasteiger partial charge in [-0.25, -0.2) is 9.78 Å². The van der Waals surface area contributed by atoms with Gasteiger partial charge in [0.15, 0.2) is 5.54 Å². The van der Waals surface area contributed by atoms with Crippen LogP contribution in [0.25, 0.3) is 11.3 Å². The van der Waals surface area contributed by atoms with E-state index in [4.69, 9.17) is 9.72 Å². The minimum atomic E-state index is -1.24. The van der Waals surface area contributed by atoms with Gasteiger partial charge in [-0.1, -0.05) is 60.7 Å². The first kappa shape index (κ1) is 21.8. The Morgan fingerprint density at radius 3 is 2.37 bits per heavy atom. The molecule has 3 aromatic rings. The largest absolute Gasteiger partial charge is 0.461 e. The van der Waals surface area contributed by atoms with Gasteiger partial charge in [0, 0.05) is 18.7 Å². The highest BCUT2D eigenvalue weighted by molar-refractivity contribution is 6.07. The number of amides is 1. The maximum Gasteiger partial charge on any atom is 0.338 e. The van der Waals surface area contributed by atoms with E-state index in [9.17, 15) is 9.59 Å². The molecule has 0 unspecified atom stereocenters. The van der Waals surface area contributed by atoms with E-state index in [0.29, 0.717) is 17.7 Å². The minimum absolute atomic E-state index is 0.134. The molecule has 2 saturated heterocycles. The zero-order chi connectivity index (χ0) is 24.0. The van der Waals surface area contributed by atoms with Crippen LogP contribution in [0.3, 0.4) is 0 Å². The highest BCUT2D eigenvalue weighted by Crippen LogP contribution is 2.46. The average molecular weight is 468 g/mol. The molecule has 2 atom stereocenters. The Bertz CT molecular complexity index is 1270. The molecule has 0 saturated carbocycles. The number of pyridine rings is 1. The lowest BCUT2D eigenvalue weighted by atomic mass is 9.91. The summed E-state index contributed by atoms with van der Waals surface area (Å²) in [5.41, 5.74) is 3.66. The van der Waals surface area contributed by atoms with Gasteiger partial charge in [-0.05, 0) is 44.2 Å². The van der Waals surface area contributed by atoms with E-state index in [0.717, 1.165) is 48.4 Å². The summed E-state index contributed by atoms with van der Waals surface area (Å²) in [5, 5.41) is 0. The van der Waals surface area contributed by atoms with Gasteiger partial charge in [-0.2, -0.15) is 0 Å². The van der Waals surface area contributed by atoms with Crippen molar-refractivity contribution in [3.63, 3.8) is 0 Å². The number of rotatable bonds is 4. The SMILES string of the molecule is C[C@]12C(=O)OC[C@H](Cc3ccccc3)N1C(=O)c1cc(N3CCCCC3)c(-c3ccccc3)nc12. The number of carbonyl (C=O) groups excluding carboxylic acids is 2. The van der Waals surface area contributed by atoms with Crippen molar-refractivity contribution in [3.05, 3.63) is 83.6 Å². The molecule has 2 fully saturated rings. The molecule has 1 amide bonds. The summed E-state index contributed by atoms with van der Waals surface area (Å²) < 4.78 is 5.69. The van der Waals surface area contributed by atoms with Crippen LogP contribution in [0.1, 0.15) is 47.8 Å². The van der Waals surface area contributed by atoms with Gasteiger partial charge in [0.05, 0.1) is 28.7 Å². The molecule has 0 bridgehead atoms. The highest BCUT2D eigenvalue weighted by Gasteiger charge is 2.59. The van der Waals surface area contributed by atoms with Gasteiger partial charge in [0.1, 0.15) is 6.61 Å². The zero-order valence-corrected chi connectivity index (χ0v) is 19.9. The molecule has 35 heavy (non-hydrogen) atoms. The lowest BCUT2D eigenvalue weighted by Gasteiger charge is -2.43. The number of nitrogens with zero attached hydrogens (tertiary/aromatic N) is 3.